The van der Waals surface area contributed by atoms with Crippen LogP contribution < -0.4 is 5.32 Å². The molecule has 0 aliphatic carbocycles. The van der Waals surface area contributed by atoms with Gasteiger partial charge in [0.15, 0.2) is 0 Å². The molecule has 1 aliphatic heterocycles. The van der Waals surface area contributed by atoms with E-state index in [1.165, 1.54) is 11.1 Å². The minimum atomic E-state index is 0.209. The lowest BCUT2D eigenvalue weighted by Gasteiger charge is -2.31. The number of hydrogen-bond donors (Lipinski definition) is 1. The molecule has 0 spiro atoms. The Bertz CT molecular complexity index is 493. The van der Waals surface area contributed by atoms with E-state index < -0.39 is 0 Å². The van der Waals surface area contributed by atoms with Crippen LogP contribution in [0.3, 0.4) is 0 Å². The number of piperidine rings is 1. The first kappa shape index (κ1) is 18.0. The van der Waals surface area contributed by atoms with Crippen LogP contribution in [0, 0.1) is 5.92 Å². The van der Waals surface area contributed by atoms with Crippen LogP contribution in [0.15, 0.2) is 24.3 Å². The molecule has 1 N–H and O–H groups in total. The molecule has 3 heteroatoms. The fourth-order valence-corrected chi connectivity index (χ4v) is 3.11. The smallest absolute Gasteiger partial charge is 0.223 e. The van der Waals surface area contributed by atoms with Crippen LogP contribution in [0.4, 0.5) is 0 Å². The molecule has 128 valence electrons. The van der Waals surface area contributed by atoms with Crippen LogP contribution in [0.25, 0.3) is 0 Å². The third kappa shape index (κ3) is 5.35. The van der Waals surface area contributed by atoms with Gasteiger partial charge in [-0.2, -0.15) is 0 Å². The van der Waals surface area contributed by atoms with Gasteiger partial charge in [0.05, 0.1) is 0 Å². The van der Waals surface area contributed by atoms with Gasteiger partial charge < -0.3 is 5.32 Å². The van der Waals surface area contributed by atoms with Crippen molar-refractivity contribution in [2.45, 2.75) is 58.9 Å². The summed E-state index contributed by atoms with van der Waals surface area (Å²) in [4.78, 5) is 14.5. The van der Waals surface area contributed by atoms with Crippen molar-refractivity contribution in [2.24, 2.45) is 5.92 Å². The van der Waals surface area contributed by atoms with Crippen molar-refractivity contribution in [3.05, 3.63) is 35.4 Å². The molecule has 1 heterocycles. The number of carbonyl (C=O) groups is 1. The first-order valence-electron chi connectivity index (χ1n) is 8.99. The molecule has 1 saturated heterocycles. The summed E-state index contributed by atoms with van der Waals surface area (Å²) >= 11 is 0. The predicted molar refractivity (Wildman–Crippen MR) is 96.4 cm³/mol. The van der Waals surface area contributed by atoms with Crippen molar-refractivity contribution in [1.29, 1.82) is 0 Å². The van der Waals surface area contributed by atoms with Gasteiger partial charge in [0, 0.05) is 19.0 Å². The van der Waals surface area contributed by atoms with Crippen molar-refractivity contribution in [3.63, 3.8) is 0 Å². The van der Waals surface area contributed by atoms with Gasteiger partial charge in [-0.3, -0.25) is 9.69 Å². The summed E-state index contributed by atoms with van der Waals surface area (Å²) in [5.74, 6) is 0.460. The number of nitrogens with zero attached hydrogens (tertiary/aromatic N) is 1. The van der Waals surface area contributed by atoms with E-state index in [0.29, 0.717) is 0 Å². The van der Waals surface area contributed by atoms with E-state index in [0.717, 1.165) is 45.4 Å². The first-order valence-corrected chi connectivity index (χ1v) is 8.99. The number of benzene rings is 1. The quantitative estimate of drug-likeness (QED) is 0.898. The Morgan fingerprint density at radius 3 is 2.30 bits per heavy atom. The second-order valence-corrected chi connectivity index (χ2v) is 7.79. The summed E-state index contributed by atoms with van der Waals surface area (Å²) in [6.07, 6.45) is 2.97. The molecule has 1 amide bonds. The molecule has 0 aromatic heterocycles. The highest BCUT2D eigenvalue weighted by Crippen LogP contribution is 2.23. The van der Waals surface area contributed by atoms with E-state index in [2.05, 4.69) is 62.2 Å². The summed E-state index contributed by atoms with van der Waals surface area (Å²) in [6, 6.07) is 9.00. The summed E-state index contributed by atoms with van der Waals surface area (Å²) in [7, 11) is 0. The molecule has 3 nitrogen and oxygen atoms in total. The zero-order valence-electron chi connectivity index (χ0n) is 15.2. The molecule has 2 rings (SSSR count). The third-order valence-corrected chi connectivity index (χ3v) is 4.73. The highest BCUT2D eigenvalue weighted by Gasteiger charge is 2.24. The Morgan fingerprint density at radius 1 is 1.17 bits per heavy atom. The molecule has 1 aliphatic rings. The van der Waals surface area contributed by atoms with Crippen LogP contribution in [0.1, 0.15) is 58.1 Å². The zero-order valence-corrected chi connectivity index (χ0v) is 15.2. The van der Waals surface area contributed by atoms with Gasteiger partial charge in [-0.15, -0.1) is 0 Å². The third-order valence-electron chi connectivity index (χ3n) is 4.73. The van der Waals surface area contributed by atoms with Crippen LogP contribution in [-0.4, -0.2) is 30.4 Å². The van der Waals surface area contributed by atoms with Crippen molar-refractivity contribution in [3.8, 4) is 0 Å². The van der Waals surface area contributed by atoms with Gasteiger partial charge >= 0.3 is 0 Å². The lowest BCUT2D eigenvalue weighted by Crippen LogP contribution is -2.40. The summed E-state index contributed by atoms with van der Waals surface area (Å²) in [5, 5.41) is 3.03. The minimum absolute atomic E-state index is 0.209. The summed E-state index contributed by atoms with van der Waals surface area (Å²) < 4.78 is 0. The Labute approximate surface area is 141 Å². The average Bonchev–Trinajstić information content (AvgIpc) is 2.53. The molecule has 23 heavy (non-hydrogen) atoms. The van der Waals surface area contributed by atoms with E-state index in [1.54, 1.807) is 0 Å². The van der Waals surface area contributed by atoms with E-state index in [-0.39, 0.29) is 17.2 Å². The number of carbonyl (C=O) groups excluding carboxylic acids is 1. The van der Waals surface area contributed by atoms with Crippen LogP contribution in [0.5, 0.6) is 0 Å². The maximum absolute atomic E-state index is 12.0. The van der Waals surface area contributed by atoms with E-state index in [9.17, 15) is 4.79 Å². The molecule has 0 saturated carbocycles. The molecule has 0 atom stereocenters. The summed E-state index contributed by atoms with van der Waals surface area (Å²) in [5.41, 5.74) is 2.96. The van der Waals surface area contributed by atoms with Crippen molar-refractivity contribution < 1.29 is 4.79 Å². The maximum atomic E-state index is 12.0. The number of nitrogens with one attached hydrogen (secondary N) is 1. The molecule has 0 bridgehead atoms. The summed E-state index contributed by atoms with van der Waals surface area (Å²) in [6.45, 7) is 12.7. The highest BCUT2D eigenvalue weighted by molar-refractivity contribution is 5.78. The topological polar surface area (TPSA) is 32.3 Å². The Morgan fingerprint density at radius 2 is 1.78 bits per heavy atom. The van der Waals surface area contributed by atoms with Crippen molar-refractivity contribution in [1.82, 2.24) is 10.2 Å². The fourth-order valence-electron chi connectivity index (χ4n) is 3.11. The van der Waals surface area contributed by atoms with Gasteiger partial charge in [0.2, 0.25) is 5.91 Å². The minimum Gasteiger partial charge on any atom is -0.356 e. The molecule has 0 unspecified atom stereocenters. The predicted octanol–water partition coefficient (Wildman–Crippen LogP) is 3.72. The number of amides is 1. The number of hydrogen-bond acceptors (Lipinski definition) is 2. The Hall–Kier alpha value is -1.35. The van der Waals surface area contributed by atoms with Gasteiger partial charge in [0.25, 0.3) is 0 Å². The second-order valence-electron chi connectivity index (χ2n) is 7.79. The first-order chi connectivity index (χ1) is 10.9. The fraction of sp³-hybridized carbons (Fsp3) is 0.650. The van der Waals surface area contributed by atoms with Gasteiger partial charge in [-0.25, -0.2) is 0 Å². The molecule has 1 aromatic rings. The largest absolute Gasteiger partial charge is 0.356 e. The molecular weight excluding hydrogens is 284 g/mol. The van der Waals surface area contributed by atoms with Crippen molar-refractivity contribution in [2.75, 3.05) is 19.6 Å². The normalized spacial score (nSPS) is 17.2. The second kappa shape index (κ2) is 7.96. The standard InChI is InChI=1S/C20H32N2O/c1-5-12-21-19(23)17-10-13-22(14-11-17)15-16-6-8-18(9-7-16)20(2,3)4/h6-9,17H,5,10-15H2,1-4H3,(H,21,23). The highest BCUT2D eigenvalue weighted by atomic mass is 16.1. The lowest BCUT2D eigenvalue weighted by molar-refractivity contribution is -0.126. The van der Waals surface area contributed by atoms with E-state index in [1.807, 2.05) is 0 Å². The number of rotatable bonds is 5. The van der Waals surface area contributed by atoms with Crippen molar-refractivity contribution >= 4 is 5.91 Å². The average molecular weight is 316 g/mol. The molecule has 0 radical (unpaired) electrons. The molecular formula is C20H32N2O. The van der Waals surface area contributed by atoms with Gasteiger partial charge in [-0.1, -0.05) is 52.0 Å². The van der Waals surface area contributed by atoms with Gasteiger partial charge in [-0.05, 0) is 48.9 Å². The Balaban J connectivity index is 1.81. The monoisotopic (exact) mass is 316 g/mol. The van der Waals surface area contributed by atoms with E-state index >= 15 is 0 Å². The molecule has 1 aromatic carbocycles. The number of likely N-dealkylation sites (tertiary alicyclic amines) is 1. The van der Waals surface area contributed by atoms with E-state index in [4.69, 9.17) is 0 Å². The SMILES string of the molecule is CCCNC(=O)C1CCN(Cc2ccc(C(C)(C)C)cc2)CC1. The van der Waals surface area contributed by atoms with Crippen LogP contribution >= 0.6 is 0 Å². The molecule has 1 fully saturated rings. The van der Waals surface area contributed by atoms with Crippen LogP contribution in [-0.2, 0) is 16.8 Å². The lowest BCUT2D eigenvalue weighted by atomic mass is 9.86. The Kier molecular flexibility index (Phi) is 6.23. The maximum Gasteiger partial charge on any atom is 0.223 e. The zero-order chi connectivity index (χ0) is 16.9. The van der Waals surface area contributed by atoms with Gasteiger partial charge in [0.1, 0.15) is 0 Å². The van der Waals surface area contributed by atoms with Crippen LogP contribution in [0.2, 0.25) is 0 Å².